The van der Waals surface area contributed by atoms with E-state index in [2.05, 4.69) is 4.90 Å². The van der Waals surface area contributed by atoms with Crippen molar-refractivity contribution >= 4 is 5.97 Å². The van der Waals surface area contributed by atoms with Crippen LogP contribution in [0.4, 0.5) is 4.39 Å². The number of fused-ring (bicyclic) bond motifs is 2. The number of likely N-dealkylation sites (N-methyl/N-ethyl adjacent to an activating group) is 1. The number of ether oxygens (including phenoxy) is 1. The first kappa shape index (κ1) is 14.5. The molecule has 1 aromatic carbocycles. The molecule has 5 heteroatoms. The van der Waals surface area contributed by atoms with Gasteiger partial charge in [-0.2, -0.15) is 0 Å². The number of carbonyl (C=O) groups is 1. The fourth-order valence-corrected chi connectivity index (χ4v) is 4.00. The van der Waals surface area contributed by atoms with Gasteiger partial charge in [-0.25, -0.2) is 4.39 Å². The highest BCUT2D eigenvalue weighted by Gasteiger charge is 2.53. The number of halogens is 1. The minimum atomic E-state index is -0.419. The fourth-order valence-electron chi connectivity index (χ4n) is 4.00. The molecule has 1 N–H and O–H groups in total. The zero-order valence-corrected chi connectivity index (χ0v) is 12.2. The van der Waals surface area contributed by atoms with Crippen molar-refractivity contribution in [1.82, 2.24) is 4.90 Å². The van der Waals surface area contributed by atoms with Crippen LogP contribution in [-0.2, 0) is 9.53 Å². The van der Waals surface area contributed by atoms with Crippen molar-refractivity contribution in [2.24, 2.45) is 5.92 Å². The SMILES string of the molecule is COC(=O)[C@@H]1C2C[C@H](O)C(C[C@H]1c1ccc(F)cc1)N2C. The molecule has 0 aliphatic carbocycles. The molecule has 2 fully saturated rings. The minimum absolute atomic E-state index is 0.0266. The van der Waals surface area contributed by atoms with Crippen LogP contribution in [0.15, 0.2) is 24.3 Å². The number of rotatable bonds is 2. The minimum Gasteiger partial charge on any atom is -0.469 e. The smallest absolute Gasteiger partial charge is 0.310 e. The number of benzene rings is 1. The summed E-state index contributed by atoms with van der Waals surface area (Å²) in [6.45, 7) is 0. The second-order valence-electron chi connectivity index (χ2n) is 6.05. The maximum absolute atomic E-state index is 13.1. The Morgan fingerprint density at radius 3 is 2.57 bits per heavy atom. The maximum Gasteiger partial charge on any atom is 0.310 e. The summed E-state index contributed by atoms with van der Waals surface area (Å²) >= 11 is 0. The molecule has 2 aliphatic rings. The van der Waals surface area contributed by atoms with E-state index >= 15 is 0 Å². The lowest BCUT2D eigenvalue weighted by Gasteiger charge is -2.41. The molecule has 4 nitrogen and oxygen atoms in total. The molecular formula is C16H20FNO3. The van der Waals surface area contributed by atoms with Crippen molar-refractivity contribution in [3.05, 3.63) is 35.6 Å². The third kappa shape index (κ3) is 2.34. The lowest BCUT2D eigenvalue weighted by atomic mass is 9.76. The summed E-state index contributed by atoms with van der Waals surface area (Å²) in [4.78, 5) is 14.3. The van der Waals surface area contributed by atoms with E-state index in [1.165, 1.54) is 19.2 Å². The van der Waals surface area contributed by atoms with Gasteiger partial charge >= 0.3 is 5.97 Å². The Bertz CT molecular complexity index is 533. The number of methoxy groups -OCH3 is 1. The summed E-state index contributed by atoms with van der Waals surface area (Å²) in [5.41, 5.74) is 0.934. The van der Waals surface area contributed by atoms with Crippen molar-refractivity contribution in [3.63, 3.8) is 0 Å². The molecule has 0 spiro atoms. The van der Waals surface area contributed by atoms with Crippen LogP contribution in [0.1, 0.15) is 24.3 Å². The van der Waals surface area contributed by atoms with Gasteiger partial charge in [0.2, 0.25) is 0 Å². The normalized spacial score (nSPS) is 35.7. The van der Waals surface area contributed by atoms with Crippen molar-refractivity contribution in [2.45, 2.75) is 36.9 Å². The Morgan fingerprint density at radius 1 is 1.29 bits per heavy atom. The molecule has 21 heavy (non-hydrogen) atoms. The van der Waals surface area contributed by atoms with E-state index in [-0.39, 0.29) is 35.7 Å². The Hall–Kier alpha value is -1.46. The highest BCUT2D eigenvalue weighted by atomic mass is 19.1. The van der Waals surface area contributed by atoms with Gasteiger partial charge in [0.25, 0.3) is 0 Å². The number of carbonyl (C=O) groups excluding carboxylic acids is 1. The zero-order chi connectivity index (χ0) is 15.1. The van der Waals surface area contributed by atoms with Crippen LogP contribution in [0.3, 0.4) is 0 Å². The Balaban J connectivity index is 1.97. The van der Waals surface area contributed by atoms with E-state index < -0.39 is 6.10 Å². The van der Waals surface area contributed by atoms with E-state index in [0.29, 0.717) is 12.8 Å². The maximum atomic E-state index is 13.1. The van der Waals surface area contributed by atoms with Crippen LogP contribution in [0.5, 0.6) is 0 Å². The Kier molecular flexibility index (Phi) is 3.71. The molecule has 1 aromatic rings. The molecule has 114 valence electrons. The summed E-state index contributed by atoms with van der Waals surface area (Å²) in [5, 5.41) is 10.2. The summed E-state index contributed by atoms with van der Waals surface area (Å²) in [5.74, 6) is -0.904. The fraction of sp³-hybridized carbons (Fsp3) is 0.562. The highest BCUT2D eigenvalue weighted by molar-refractivity contribution is 5.75. The molecule has 0 amide bonds. The van der Waals surface area contributed by atoms with Gasteiger partial charge in [0.1, 0.15) is 5.82 Å². The average Bonchev–Trinajstić information content (AvgIpc) is 2.66. The molecule has 2 saturated heterocycles. The van der Waals surface area contributed by atoms with Gasteiger partial charge in [0.05, 0.1) is 19.1 Å². The van der Waals surface area contributed by atoms with Crippen LogP contribution in [0.2, 0.25) is 0 Å². The molecule has 3 rings (SSSR count). The van der Waals surface area contributed by atoms with E-state index in [4.69, 9.17) is 4.74 Å². The van der Waals surface area contributed by atoms with Gasteiger partial charge < -0.3 is 9.84 Å². The third-order valence-electron chi connectivity index (χ3n) is 5.09. The molecule has 0 aromatic heterocycles. The summed E-state index contributed by atoms with van der Waals surface area (Å²) in [6, 6.07) is 6.31. The quantitative estimate of drug-likeness (QED) is 0.840. The predicted octanol–water partition coefficient (Wildman–Crippen LogP) is 1.54. The van der Waals surface area contributed by atoms with Crippen LogP contribution >= 0.6 is 0 Å². The number of aliphatic hydroxyl groups excluding tert-OH is 1. The van der Waals surface area contributed by atoms with E-state index in [1.807, 2.05) is 7.05 Å². The van der Waals surface area contributed by atoms with Crippen molar-refractivity contribution in [1.29, 1.82) is 0 Å². The molecule has 2 bridgehead atoms. The molecule has 2 unspecified atom stereocenters. The van der Waals surface area contributed by atoms with Crippen LogP contribution in [-0.4, -0.2) is 48.3 Å². The lowest BCUT2D eigenvalue weighted by Crippen LogP contribution is -2.49. The van der Waals surface area contributed by atoms with E-state index in [1.54, 1.807) is 12.1 Å². The van der Waals surface area contributed by atoms with Crippen LogP contribution in [0, 0.1) is 11.7 Å². The topological polar surface area (TPSA) is 49.8 Å². The van der Waals surface area contributed by atoms with Crippen LogP contribution in [0.25, 0.3) is 0 Å². The van der Waals surface area contributed by atoms with Gasteiger partial charge in [-0.3, -0.25) is 9.69 Å². The lowest BCUT2D eigenvalue weighted by molar-refractivity contribution is -0.150. The summed E-state index contributed by atoms with van der Waals surface area (Å²) in [7, 11) is 3.34. The standard InChI is InChI=1S/C16H20FNO3/c1-18-12-7-11(9-3-5-10(17)6-4-9)15(16(20)21-2)13(18)8-14(12)19/h3-6,11-15,19H,7-8H2,1-2H3/t11-,12?,13?,14-,15-/m0/s1. The largest absolute Gasteiger partial charge is 0.469 e. The second kappa shape index (κ2) is 5.39. The summed E-state index contributed by atoms with van der Waals surface area (Å²) < 4.78 is 18.1. The average molecular weight is 293 g/mol. The van der Waals surface area contributed by atoms with E-state index in [9.17, 15) is 14.3 Å². The number of hydrogen-bond donors (Lipinski definition) is 1. The predicted molar refractivity (Wildman–Crippen MR) is 75.2 cm³/mol. The van der Waals surface area contributed by atoms with Crippen LogP contribution < -0.4 is 0 Å². The summed E-state index contributed by atoms with van der Waals surface area (Å²) in [6.07, 6.45) is 0.843. The van der Waals surface area contributed by atoms with Gasteiger partial charge in [0, 0.05) is 18.0 Å². The zero-order valence-electron chi connectivity index (χ0n) is 12.2. The molecule has 0 radical (unpaired) electrons. The molecule has 0 saturated carbocycles. The molecular weight excluding hydrogens is 273 g/mol. The molecule has 2 aliphatic heterocycles. The van der Waals surface area contributed by atoms with Gasteiger partial charge in [0.15, 0.2) is 0 Å². The number of esters is 1. The Labute approximate surface area is 123 Å². The highest BCUT2D eigenvalue weighted by Crippen LogP contribution is 2.46. The van der Waals surface area contributed by atoms with Gasteiger partial charge in [-0.05, 0) is 37.6 Å². The monoisotopic (exact) mass is 293 g/mol. The first-order valence-electron chi connectivity index (χ1n) is 7.26. The van der Waals surface area contributed by atoms with Crippen molar-refractivity contribution < 1.29 is 19.0 Å². The Morgan fingerprint density at radius 2 is 1.95 bits per heavy atom. The van der Waals surface area contributed by atoms with Crippen molar-refractivity contribution in [3.8, 4) is 0 Å². The first-order valence-corrected chi connectivity index (χ1v) is 7.26. The number of hydrogen-bond acceptors (Lipinski definition) is 4. The van der Waals surface area contributed by atoms with Gasteiger partial charge in [-0.15, -0.1) is 0 Å². The first-order chi connectivity index (χ1) is 10.0. The second-order valence-corrected chi connectivity index (χ2v) is 6.05. The molecule has 2 heterocycles. The third-order valence-corrected chi connectivity index (χ3v) is 5.09. The number of aliphatic hydroxyl groups is 1. The van der Waals surface area contributed by atoms with E-state index in [0.717, 1.165) is 5.56 Å². The number of nitrogens with zero attached hydrogens (tertiary/aromatic N) is 1. The van der Waals surface area contributed by atoms with Crippen molar-refractivity contribution in [2.75, 3.05) is 14.2 Å². The number of piperidine rings is 1. The van der Waals surface area contributed by atoms with Gasteiger partial charge in [-0.1, -0.05) is 12.1 Å². The molecule has 5 atom stereocenters.